The average molecular weight is 398 g/mol. The van der Waals surface area contributed by atoms with E-state index in [0.717, 1.165) is 17.7 Å². The normalized spacial score (nSPS) is 11.3. The van der Waals surface area contributed by atoms with Crippen LogP contribution in [0.15, 0.2) is 42.6 Å². The molecule has 8 heteroatoms. The van der Waals surface area contributed by atoms with Crippen LogP contribution in [0.5, 0.6) is 0 Å². The minimum atomic E-state index is -0.933. The molecule has 29 heavy (non-hydrogen) atoms. The SMILES string of the molecule is Cc1cn(Cc2ccc(F)c(F)c2)c2c(-c3cc(C(N)=O)n(C)n3)cc(F)cc12. The Morgan fingerprint density at radius 2 is 1.86 bits per heavy atom. The number of aryl methyl sites for hydroxylation is 2. The molecule has 0 saturated heterocycles. The van der Waals surface area contributed by atoms with Crippen LogP contribution in [0.2, 0.25) is 0 Å². The van der Waals surface area contributed by atoms with Crippen molar-refractivity contribution in [2.75, 3.05) is 0 Å². The van der Waals surface area contributed by atoms with Gasteiger partial charge in [-0.25, -0.2) is 13.2 Å². The third-order valence-corrected chi connectivity index (χ3v) is 4.88. The minimum absolute atomic E-state index is 0.188. The van der Waals surface area contributed by atoms with Gasteiger partial charge in [0.05, 0.1) is 11.2 Å². The van der Waals surface area contributed by atoms with Crippen LogP contribution in [-0.4, -0.2) is 20.3 Å². The number of aromatic nitrogens is 3. The number of nitrogens with two attached hydrogens (primary N) is 1. The number of hydrogen-bond donors (Lipinski definition) is 1. The van der Waals surface area contributed by atoms with Gasteiger partial charge >= 0.3 is 0 Å². The summed E-state index contributed by atoms with van der Waals surface area (Å²) in [6.45, 7) is 2.08. The van der Waals surface area contributed by atoms with E-state index in [2.05, 4.69) is 5.10 Å². The highest BCUT2D eigenvalue weighted by Gasteiger charge is 2.18. The number of benzene rings is 2. The molecule has 1 amide bonds. The molecule has 0 aliphatic heterocycles. The Hall–Kier alpha value is -3.55. The third kappa shape index (κ3) is 3.26. The summed E-state index contributed by atoms with van der Waals surface area (Å²) in [7, 11) is 1.58. The van der Waals surface area contributed by atoms with E-state index >= 15 is 0 Å². The maximum absolute atomic E-state index is 14.3. The van der Waals surface area contributed by atoms with Crippen molar-refractivity contribution in [1.29, 1.82) is 0 Å². The van der Waals surface area contributed by atoms with Crippen LogP contribution in [0.3, 0.4) is 0 Å². The summed E-state index contributed by atoms with van der Waals surface area (Å²) in [5, 5.41) is 4.96. The molecular weight excluding hydrogens is 381 g/mol. The fourth-order valence-corrected chi connectivity index (χ4v) is 3.56. The smallest absolute Gasteiger partial charge is 0.266 e. The van der Waals surface area contributed by atoms with E-state index in [4.69, 9.17) is 5.73 Å². The molecule has 0 unspecified atom stereocenters. The standard InChI is InChI=1S/C21H17F3N4O/c1-11-9-28(10-12-3-4-16(23)17(24)5-12)20-14(11)6-13(22)7-15(20)18-8-19(21(25)29)27(2)26-18/h3-9H,10H2,1-2H3,(H2,25,29). The molecule has 0 spiro atoms. The van der Waals surface area contributed by atoms with Crippen molar-refractivity contribution in [2.24, 2.45) is 12.8 Å². The van der Waals surface area contributed by atoms with E-state index in [9.17, 15) is 18.0 Å². The molecule has 0 aliphatic carbocycles. The molecule has 4 rings (SSSR count). The molecule has 2 heterocycles. The van der Waals surface area contributed by atoms with Crippen LogP contribution in [0.25, 0.3) is 22.2 Å². The minimum Gasteiger partial charge on any atom is -0.364 e. The lowest BCUT2D eigenvalue weighted by molar-refractivity contribution is 0.0991. The van der Waals surface area contributed by atoms with Crippen molar-refractivity contribution < 1.29 is 18.0 Å². The number of halogens is 3. The first-order chi connectivity index (χ1) is 13.7. The number of hydrogen-bond acceptors (Lipinski definition) is 2. The number of rotatable bonds is 4. The molecule has 0 saturated carbocycles. The quantitative estimate of drug-likeness (QED) is 0.566. The van der Waals surface area contributed by atoms with Gasteiger partial charge in [0.2, 0.25) is 0 Å². The second kappa shape index (κ2) is 6.80. The van der Waals surface area contributed by atoms with Crippen LogP contribution in [0, 0.1) is 24.4 Å². The van der Waals surface area contributed by atoms with Crippen LogP contribution in [-0.2, 0) is 13.6 Å². The van der Waals surface area contributed by atoms with E-state index in [0.29, 0.717) is 27.7 Å². The van der Waals surface area contributed by atoms with Gasteiger partial charge in [-0.05, 0) is 48.4 Å². The van der Waals surface area contributed by atoms with E-state index in [1.165, 1.54) is 28.9 Å². The fourth-order valence-electron chi connectivity index (χ4n) is 3.56. The Bertz CT molecular complexity index is 1270. The zero-order valence-corrected chi connectivity index (χ0v) is 15.7. The summed E-state index contributed by atoms with van der Waals surface area (Å²) < 4.78 is 44.4. The van der Waals surface area contributed by atoms with Crippen LogP contribution in [0.1, 0.15) is 21.6 Å². The monoisotopic (exact) mass is 398 g/mol. The largest absolute Gasteiger partial charge is 0.364 e. The second-order valence-electron chi connectivity index (χ2n) is 6.94. The molecule has 0 radical (unpaired) electrons. The molecule has 148 valence electrons. The van der Waals surface area contributed by atoms with E-state index in [1.807, 2.05) is 17.7 Å². The van der Waals surface area contributed by atoms with Gasteiger partial charge in [0.25, 0.3) is 5.91 Å². The maximum atomic E-state index is 14.3. The van der Waals surface area contributed by atoms with Crippen LogP contribution < -0.4 is 5.73 Å². The summed E-state index contributed by atoms with van der Waals surface area (Å²) in [5.74, 6) is -2.95. The van der Waals surface area contributed by atoms with Crippen molar-refractivity contribution in [2.45, 2.75) is 13.5 Å². The van der Waals surface area contributed by atoms with Gasteiger partial charge in [-0.1, -0.05) is 6.07 Å². The highest BCUT2D eigenvalue weighted by molar-refractivity contribution is 5.98. The Labute approximate surface area is 164 Å². The average Bonchev–Trinajstić information content (AvgIpc) is 3.18. The van der Waals surface area contributed by atoms with Crippen molar-refractivity contribution in [3.05, 3.63) is 76.9 Å². The summed E-state index contributed by atoms with van der Waals surface area (Å²) in [6.07, 6.45) is 1.81. The first-order valence-corrected chi connectivity index (χ1v) is 8.81. The number of fused-ring (bicyclic) bond motifs is 1. The highest BCUT2D eigenvalue weighted by atomic mass is 19.2. The van der Waals surface area contributed by atoms with Gasteiger partial charge in [0, 0.05) is 30.7 Å². The van der Waals surface area contributed by atoms with E-state index in [1.54, 1.807) is 7.05 Å². The Morgan fingerprint density at radius 3 is 2.52 bits per heavy atom. The number of primary amides is 1. The van der Waals surface area contributed by atoms with Gasteiger partial charge in [0.15, 0.2) is 11.6 Å². The lowest BCUT2D eigenvalue weighted by Gasteiger charge is -2.10. The third-order valence-electron chi connectivity index (χ3n) is 4.88. The molecular formula is C21H17F3N4O. The van der Waals surface area contributed by atoms with Crippen LogP contribution in [0.4, 0.5) is 13.2 Å². The maximum Gasteiger partial charge on any atom is 0.266 e. The van der Waals surface area contributed by atoms with Gasteiger partial charge in [-0.3, -0.25) is 9.48 Å². The Kier molecular flexibility index (Phi) is 4.41. The fraction of sp³-hybridized carbons (Fsp3) is 0.143. The molecule has 0 atom stereocenters. The highest BCUT2D eigenvalue weighted by Crippen LogP contribution is 2.33. The molecule has 0 fully saturated rings. The molecule has 5 nitrogen and oxygen atoms in total. The topological polar surface area (TPSA) is 65.8 Å². The number of amides is 1. The first kappa shape index (κ1) is 18.8. The van der Waals surface area contributed by atoms with Crippen LogP contribution >= 0.6 is 0 Å². The van der Waals surface area contributed by atoms with E-state index in [-0.39, 0.29) is 12.2 Å². The van der Waals surface area contributed by atoms with Gasteiger partial charge in [-0.15, -0.1) is 0 Å². The number of carbonyl (C=O) groups is 1. The summed E-state index contributed by atoms with van der Waals surface area (Å²) in [6, 6.07) is 7.94. The zero-order chi connectivity index (χ0) is 20.9. The summed E-state index contributed by atoms with van der Waals surface area (Å²) >= 11 is 0. The number of carbonyl (C=O) groups excluding carboxylic acids is 1. The molecule has 0 bridgehead atoms. The Balaban J connectivity index is 1.92. The lowest BCUT2D eigenvalue weighted by atomic mass is 10.1. The summed E-state index contributed by atoms with van der Waals surface area (Å²) in [4.78, 5) is 11.6. The molecule has 2 aromatic carbocycles. The van der Waals surface area contributed by atoms with Gasteiger partial charge in [-0.2, -0.15) is 5.10 Å². The molecule has 2 aromatic heterocycles. The second-order valence-corrected chi connectivity index (χ2v) is 6.94. The van der Waals surface area contributed by atoms with Gasteiger partial charge < -0.3 is 10.3 Å². The van der Waals surface area contributed by atoms with Crippen molar-refractivity contribution in [1.82, 2.24) is 14.3 Å². The predicted octanol–water partition coefficient (Wildman–Crippen LogP) is 3.91. The van der Waals surface area contributed by atoms with E-state index < -0.39 is 23.4 Å². The number of nitrogens with zero attached hydrogens (tertiary/aromatic N) is 3. The van der Waals surface area contributed by atoms with Crippen molar-refractivity contribution in [3.63, 3.8) is 0 Å². The van der Waals surface area contributed by atoms with Crippen molar-refractivity contribution >= 4 is 16.8 Å². The predicted molar refractivity (Wildman–Crippen MR) is 103 cm³/mol. The molecule has 4 aromatic rings. The summed E-state index contributed by atoms with van der Waals surface area (Å²) in [5.41, 5.74) is 8.44. The first-order valence-electron chi connectivity index (χ1n) is 8.81. The molecule has 0 aliphatic rings. The Morgan fingerprint density at radius 1 is 1.10 bits per heavy atom. The zero-order valence-electron chi connectivity index (χ0n) is 15.7. The molecule has 2 N–H and O–H groups in total. The van der Waals surface area contributed by atoms with Gasteiger partial charge in [0.1, 0.15) is 11.5 Å². The van der Waals surface area contributed by atoms with Crippen molar-refractivity contribution in [3.8, 4) is 11.3 Å². The lowest BCUT2D eigenvalue weighted by Crippen LogP contribution is -2.15.